The Morgan fingerprint density at radius 1 is 1.08 bits per heavy atom. The molecule has 1 amide bonds. The molecular weight excluding hydrogens is 308 g/mol. The second-order valence-corrected chi connectivity index (χ2v) is 5.74. The molecule has 0 saturated heterocycles. The first-order chi connectivity index (χ1) is 11.3. The van der Waals surface area contributed by atoms with Crippen LogP contribution in [-0.2, 0) is 4.79 Å². The lowest BCUT2D eigenvalue weighted by atomic mass is 10.1. The van der Waals surface area contributed by atoms with Crippen LogP contribution in [0, 0.1) is 37.8 Å². The van der Waals surface area contributed by atoms with Crippen molar-refractivity contribution in [3.63, 3.8) is 0 Å². The topological polar surface area (TPSA) is 81.5 Å². The highest BCUT2D eigenvalue weighted by atomic mass is 16.6. The van der Waals surface area contributed by atoms with Crippen LogP contribution >= 0.6 is 0 Å². The minimum absolute atomic E-state index is 0.127. The van der Waals surface area contributed by atoms with Crippen molar-refractivity contribution in [3.8, 4) is 5.75 Å². The van der Waals surface area contributed by atoms with E-state index in [4.69, 9.17) is 4.74 Å². The van der Waals surface area contributed by atoms with Gasteiger partial charge < -0.3 is 10.1 Å². The molecule has 0 spiro atoms. The third-order valence-electron chi connectivity index (χ3n) is 4.02. The van der Waals surface area contributed by atoms with Crippen LogP contribution in [0.1, 0.15) is 22.3 Å². The highest BCUT2D eigenvalue weighted by Crippen LogP contribution is 2.30. The molecular formula is C18H20N2O4. The molecule has 0 radical (unpaired) electrons. The van der Waals surface area contributed by atoms with Gasteiger partial charge in [-0.15, -0.1) is 0 Å². The fourth-order valence-electron chi connectivity index (χ4n) is 2.24. The summed E-state index contributed by atoms with van der Waals surface area (Å²) in [6.07, 6.45) is 0. The van der Waals surface area contributed by atoms with Gasteiger partial charge in [0.05, 0.1) is 4.92 Å². The van der Waals surface area contributed by atoms with Gasteiger partial charge in [0.25, 0.3) is 11.6 Å². The van der Waals surface area contributed by atoms with Gasteiger partial charge in [-0.2, -0.15) is 0 Å². The number of hydrogen-bond acceptors (Lipinski definition) is 4. The van der Waals surface area contributed by atoms with E-state index in [1.165, 1.54) is 6.07 Å². The molecule has 0 aliphatic heterocycles. The number of nitro benzene ring substituents is 1. The number of nitrogens with one attached hydrogen (secondary N) is 1. The molecule has 0 unspecified atom stereocenters. The molecule has 2 aromatic rings. The Labute approximate surface area is 140 Å². The molecule has 2 rings (SSSR count). The molecule has 24 heavy (non-hydrogen) atoms. The summed E-state index contributed by atoms with van der Waals surface area (Å²) in [5, 5.41) is 13.7. The van der Waals surface area contributed by atoms with Crippen molar-refractivity contribution >= 4 is 17.3 Å². The number of carbonyl (C=O) groups is 1. The summed E-state index contributed by atoms with van der Waals surface area (Å²) in [6.45, 7) is 7.31. The average Bonchev–Trinajstić information content (AvgIpc) is 2.53. The highest BCUT2D eigenvalue weighted by Gasteiger charge is 2.19. The molecule has 0 bridgehead atoms. The molecule has 0 atom stereocenters. The van der Waals surface area contributed by atoms with Crippen molar-refractivity contribution in [3.05, 3.63) is 62.7 Å². The van der Waals surface area contributed by atoms with E-state index in [0.717, 1.165) is 16.7 Å². The number of amides is 1. The maximum atomic E-state index is 12.1. The number of nitro groups is 1. The van der Waals surface area contributed by atoms with E-state index in [-0.39, 0.29) is 18.0 Å². The fourth-order valence-corrected chi connectivity index (χ4v) is 2.24. The third-order valence-corrected chi connectivity index (χ3v) is 4.02. The van der Waals surface area contributed by atoms with Crippen LogP contribution in [0.2, 0.25) is 0 Å². The Kier molecular flexibility index (Phi) is 5.18. The predicted molar refractivity (Wildman–Crippen MR) is 92.6 cm³/mol. The minimum Gasteiger partial charge on any atom is -0.484 e. The first-order valence-electron chi connectivity index (χ1n) is 7.54. The highest BCUT2D eigenvalue weighted by molar-refractivity contribution is 5.95. The number of aryl methyl sites for hydroxylation is 3. The van der Waals surface area contributed by atoms with Crippen LogP contribution in [0.25, 0.3) is 0 Å². The minimum atomic E-state index is -0.508. The smallest absolute Gasteiger partial charge is 0.293 e. The number of nitrogens with zero attached hydrogens (tertiary/aromatic N) is 1. The largest absolute Gasteiger partial charge is 0.484 e. The zero-order valence-corrected chi connectivity index (χ0v) is 14.2. The number of hydrogen-bond donors (Lipinski definition) is 1. The van der Waals surface area contributed by atoms with Gasteiger partial charge in [0.2, 0.25) is 0 Å². The summed E-state index contributed by atoms with van der Waals surface area (Å²) in [4.78, 5) is 22.7. The maximum Gasteiger partial charge on any atom is 0.293 e. The molecule has 0 heterocycles. The third kappa shape index (κ3) is 3.90. The Balaban J connectivity index is 2.11. The van der Waals surface area contributed by atoms with E-state index >= 15 is 0 Å². The first kappa shape index (κ1) is 17.5. The first-order valence-corrected chi connectivity index (χ1v) is 7.54. The summed E-state index contributed by atoms with van der Waals surface area (Å²) in [5.74, 6) is 0.147. The lowest BCUT2D eigenvalue weighted by Crippen LogP contribution is -2.21. The van der Waals surface area contributed by atoms with Gasteiger partial charge in [-0.25, -0.2) is 0 Å². The summed E-state index contributed by atoms with van der Waals surface area (Å²) < 4.78 is 5.46. The van der Waals surface area contributed by atoms with Crippen LogP contribution < -0.4 is 10.1 Å². The summed E-state index contributed by atoms with van der Waals surface area (Å²) in [6, 6.07) is 8.61. The molecule has 6 nitrogen and oxygen atoms in total. The Morgan fingerprint density at radius 3 is 2.38 bits per heavy atom. The van der Waals surface area contributed by atoms with Crippen molar-refractivity contribution in [2.24, 2.45) is 0 Å². The Bertz CT molecular complexity index is 800. The zero-order chi connectivity index (χ0) is 17.9. The van der Waals surface area contributed by atoms with E-state index < -0.39 is 10.8 Å². The van der Waals surface area contributed by atoms with Gasteiger partial charge in [0.15, 0.2) is 6.61 Å². The van der Waals surface area contributed by atoms with Gasteiger partial charge in [-0.1, -0.05) is 12.1 Å². The SMILES string of the molecule is Cc1ccc(OCC(=O)Nc2c([N+](=O)[O-])ccc(C)c2C)cc1C. The second kappa shape index (κ2) is 7.12. The van der Waals surface area contributed by atoms with E-state index in [9.17, 15) is 14.9 Å². The summed E-state index contributed by atoms with van der Waals surface area (Å²) in [5.41, 5.74) is 3.83. The number of benzene rings is 2. The molecule has 0 saturated carbocycles. The summed E-state index contributed by atoms with van der Waals surface area (Å²) in [7, 11) is 0. The maximum absolute atomic E-state index is 12.1. The number of ether oxygens (including phenoxy) is 1. The van der Waals surface area contributed by atoms with E-state index in [1.54, 1.807) is 19.1 Å². The van der Waals surface area contributed by atoms with Crippen LogP contribution in [0.4, 0.5) is 11.4 Å². The van der Waals surface area contributed by atoms with Crippen LogP contribution in [0.15, 0.2) is 30.3 Å². The lowest BCUT2D eigenvalue weighted by Gasteiger charge is -2.12. The molecule has 6 heteroatoms. The quantitative estimate of drug-likeness (QED) is 0.668. The van der Waals surface area contributed by atoms with E-state index in [2.05, 4.69) is 5.32 Å². The van der Waals surface area contributed by atoms with Gasteiger partial charge in [-0.05, 0) is 62.1 Å². The van der Waals surface area contributed by atoms with Crippen LogP contribution in [-0.4, -0.2) is 17.4 Å². The molecule has 0 aliphatic carbocycles. The normalized spacial score (nSPS) is 10.3. The molecule has 0 aromatic heterocycles. The molecule has 1 N–H and O–H groups in total. The summed E-state index contributed by atoms with van der Waals surface area (Å²) >= 11 is 0. The predicted octanol–water partition coefficient (Wildman–Crippen LogP) is 3.85. The zero-order valence-electron chi connectivity index (χ0n) is 14.2. The lowest BCUT2D eigenvalue weighted by molar-refractivity contribution is -0.384. The van der Waals surface area contributed by atoms with Crippen molar-refractivity contribution in [2.75, 3.05) is 11.9 Å². The van der Waals surface area contributed by atoms with Crippen molar-refractivity contribution in [2.45, 2.75) is 27.7 Å². The molecule has 0 fully saturated rings. The second-order valence-electron chi connectivity index (χ2n) is 5.74. The van der Waals surface area contributed by atoms with Gasteiger partial charge in [0, 0.05) is 6.07 Å². The monoisotopic (exact) mass is 328 g/mol. The fraction of sp³-hybridized carbons (Fsp3) is 0.278. The number of rotatable bonds is 5. The van der Waals surface area contributed by atoms with Crippen LogP contribution in [0.3, 0.4) is 0 Å². The molecule has 0 aliphatic rings. The van der Waals surface area contributed by atoms with E-state index in [1.807, 2.05) is 32.9 Å². The standard InChI is InChI=1S/C18H20N2O4/c1-11-5-7-15(9-13(11)3)24-10-17(21)19-18-14(4)12(2)6-8-16(18)20(22)23/h5-9H,10H2,1-4H3,(H,19,21). The number of carbonyl (C=O) groups excluding carboxylic acids is 1. The Morgan fingerprint density at radius 2 is 1.75 bits per heavy atom. The van der Waals surface area contributed by atoms with Crippen LogP contribution in [0.5, 0.6) is 5.75 Å². The van der Waals surface area contributed by atoms with Gasteiger partial charge >= 0.3 is 0 Å². The van der Waals surface area contributed by atoms with Gasteiger partial charge in [0.1, 0.15) is 11.4 Å². The van der Waals surface area contributed by atoms with Crippen molar-refractivity contribution in [1.82, 2.24) is 0 Å². The van der Waals surface area contributed by atoms with Gasteiger partial charge in [-0.3, -0.25) is 14.9 Å². The van der Waals surface area contributed by atoms with Crippen molar-refractivity contribution < 1.29 is 14.5 Å². The average molecular weight is 328 g/mol. The van der Waals surface area contributed by atoms with Crippen molar-refractivity contribution in [1.29, 1.82) is 0 Å². The molecule has 2 aromatic carbocycles. The number of anilines is 1. The van der Waals surface area contributed by atoms with E-state index in [0.29, 0.717) is 11.3 Å². The molecule has 126 valence electrons. The Hall–Kier alpha value is -2.89.